The molecule has 0 aliphatic carbocycles. The second-order valence-corrected chi connectivity index (χ2v) is 7.51. The Morgan fingerprint density at radius 3 is 2.77 bits per heavy atom. The highest BCUT2D eigenvalue weighted by molar-refractivity contribution is 5.99. The molecule has 2 aliphatic heterocycles. The lowest BCUT2D eigenvalue weighted by molar-refractivity contribution is -0.0328. The van der Waals surface area contributed by atoms with Crippen LogP contribution in [0.5, 0.6) is 5.75 Å². The van der Waals surface area contributed by atoms with E-state index in [9.17, 15) is 28.3 Å². The average molecular weight is 433 g/mol. The molecule has 164 valence electrons. The van der Waals surface area contributed by atoms with Crippen LogP contribution in [0.2, 0.25) is 0 Å². The van der Waals surface area contributed by atoms with Gasteiger partial charge in [-0.1, -0.05) is 6.07 Å². The molecule has 8 nitrogen and oxygen atoms in total. The highest BCUT2D eigenvalue weighted by Crippen LogP contribution is 2.36. The van der Waals surface area contributed by atoms with Gasteiger partial charge in [-0.2, -0.15) is 0 Å². The number of nitrogens with one attached hydrogen (secondary N) is 1. The van der Waals surface area contributed by atoms with E-state index in [-0.39, 0.29) is 35.0 Å². The number of hydrogen-bond donors (Lipinski definition) is 2. The van der Waals surface area contributed by atoms with E-state index in [0.717, 1.165) is 6.07 Å². The number of benzene rings is 1. The number of likely N-dealkylation sites (N-methyl/N-ethyl adjacent to an activating group) is 1. The summed E-state index contributed by atoms with van der Waals surface area (Å²) < 4.78 is 34.7. The van der Waals surface area contributed by atoms with Crippen molar-refractivity contribution in [3.63, 3.8) is 0 Å². The fraction of sp³-hybridized carbons (Fsp3) is 0.381. The lowest BCUT2D eigenvalue weighted by Gasteiger charge is -2.38. The smallest absolute Gasteiger partial charge is 0.276 e. The number of halogens is 2. The lowest BCUT2D eigenvalue weighted by Crippen LogP contribution is -2.50. The Labute approximate surface area is 176 Å². The minimum atomic E-state index is -0.999. The van der Waals surface area contributed by atoms with Crippen molar-refractivity contribution in [2.75, 3.05) is 13.2 Å². The van der Waals surface area contributed by atoms with Gasteiger partial charge in [0.15, 0.2) is 17.7 Å². The highest BCUT2D eigenvalue weighted by atomic mass is 19.1. The minimum absolute atomic E-state index is 0.0487. The number of aromatic nitrogens is 1. The maximum absolute atomic E-state index is 14.2. The van der Waals surface area contributed by atoms with Crippen molar-refractivity contribution in [2.45, 2.75) is 39.1 Å². The first kappa shape index (κ1) is 21.0. The number of fused-ring (bicyclic) bond motifs is 3. The van der Waals surface area contributed by atoms with Crippen LogP contribution in [0.1, 0.15) is 51.4 Å². The Balaban J connectivity index is 1.68. The molecule has 4 rings (SSSR count). The Morgan fingerprint density at radius 1 is 1.32 bits per heavy atom. The fourth-order valence-corrected chi connectivity index (χ4v) is 4.09. The largest absolute Gasteiger partial charge is 0.503 e. The standard InChI is InChI=1S/C21H21F2N3O5/c1-3-25-20(30)16-18(28)17(27)12(9-26(16)14-6-7-31-21(14)25)19(29)24-8-11-4-5-13(22)10(2)15(11)23/h4-5,9,14,21,28H,3,6-8H2,1-2H3,(H,24,29)/t14-,21+/m0/s1. The number of amides is 2. The summed E-state index contributed by atoms with van der Waals surface area (Å²) in [5, 5.41) is 12.9. The van der Waals surface area contributed by atoms with Gasteiger partial charge in [-0.05, 0) is 26.3 Å². The Kier molecular flexibility index (Phi) is 5.26. The van der Waals surface area contributed by atoms with Crippen LogP contribution in [0.25, 0.3) is 0 Å². The molecule has 0 radical (unpaired) electrons. The van der Waals surface area contributed by atoms with Crippen molar-refractivity contribution in [1.82, 2.24) is 14.8 Å². The van der Waals surface area contributed by atoms with Crippen LogP contribution in [0, 0.1) is 18.6 Å². The first-order valence-electron chi connectivity index (χ1n) is 9.88. The molecule has 1 aromatic heterocycles. The molecule has 0 unspecified atom stereocenters. The average Bonchev–Trinajstić information content (AvgIpc) is 3.23. The number of carbonyl (C=O) groups is 2. The van der Waals surface area contributed by atoms with E-state index in [1.54, 1.807) is 6.92 Å². The van der Waals surface area contributed by atoms with Gasteiger partial charge in [-0.3, -0.25) is 14.4 Å². The molecule has 2 amide bonds. The van der Waals surface area contributed by atoms with Gasteiger partial charge in [0.25, 0.3) is 11.8 Å². The highest BCUT2D eigenvalue weighted by Gasteiger charge is 2.44. The van der Waals surface area contributed by atoms with Crippen molar-refractivity contribution in [2.24, 2.45) is 0 Å². The summed E-state index contributed by atoms with van der Waals surface area (Å²) in [6, 6.07) is 1.93. The minimum Gasteiger partial charge on any atom is -0.503 e. The second-order valence-electron chi connectivity index (χ2n) is 7.51. The molecular weight excluding hydrogens is 412 g/mol. The number of hydrogen-bond acceptors (Lipinski definition) is 5. The van der Waals surface area contributed by atoms with Gasteiger partial charge in [0.1, 0.15) is 17.2 Å². The van der Waals surface area contributed by atoms with E-state index in [0.29, 0.717) is 19.6 Å². The molecule has 2 N–H and O–H groups in total. The molecule has 1 saturated heterocycles. The number of rotatable bonds is 4. The first-order chi connectivity index (χ1) is 14.8. The van der Waals surface area contributed by atoms with Crippen LogP contribution >= 0.6 is 0 Å². The van der Waals surface area contributed by atoms with Crippen molar-refractivity contribution < 1.29 is 28.2 Å². The molecular formula is C21H21F2N3O5. The Morgan fingerprint density at radius 2 is 2.06 bits per heavy atom. The third kappa shape index (κ3) is 3.27. The summed E-state index contributed by atoms with van der Waals surface area (Å²) in [4.78, 5) is 39.6. The number of ether oxygens (including phenoxy) is 1. The van der Waals surface area contributed by atoms with Crippen molar-refractivity contribution >= 4 is 11.8 Å². The van der Waals surface area contributed by atoms with E-state index < -0.39 is 40.9 Å². The molecule has 2 aliphatic rings. The predicted molar refractivity (Wildman–Crippen MR) is 105 cm³/mol. The molecule has 31 heavy (non-hydrogen) atoms. The van der Waals surface area contributed by atoms with Crippen LogP contribution < -0.4 is 10.7 Å². The van der Waals surface area contributed by atoms with Gasteiger partial charge in [0.2, 0.25) is 5.43 Å². The van der Waals surface area contributed by atoms with Crippen LogP contribution in [0.15, 0.2) is 23.1 Å². The summed E-state index contributed by atoms with van der Waals surface area (Å²) in [7, 11) is 0. The summed E-state index contributed by atoms with van der Waals surface area (Å²) >= 11 is 0. The topological polar surface area (TPSA) is 101 Å². The molecule has 0 spiro atoms. The van der Waals surface area contributed by atoms with E-state index in [2.05, 4.69) is 5.32 Å². The Bertz CT molecular complexity index is 1150. The maximum Gasteiger partial charge on any atom is 0.276 e. The number of nitrogens with zero attached hydrogens (tertiary/aromatic N) is 2. The quantitative estimate of drug-likeness (QED) is 0.766. The zero-order valence-electron chi connectivity index (χ0n) is 16.9. The molecule has 10 heteroatoms. The van der Waals surface area contributed by atoms with Gasteiger partial charge in [-0.25, -0.2) is 8.78 Å². The lowest BCUT2D eigenvalue weighted by atomic mass is 10.0. The van der Waals surface area contributed by atoms with Crippen LogP contribution in [-0.2, 0) is 11.3 Å². The van der Waals surface area contributed by atoms with E-state index >= 15 is 0 Å². The van der Waals surface area contributed by atoms with Crippen LogP contribution in [0.3, 0.4) is 0 Å². The zero-order valence-corrected chi connectivity index (χ0v) is 16.9. The van der Waals surface area contributed by atoms with Crippen molar-refractivity contribution in [1.29, 1.82) is 0 Å². The number of pyridine rings is 1. The maximum atomic E-state index is 14.2. The summed E-state index contributed by atoms with van der Waals surface area (Å²) in [6.45, 7) is 3.47. The van der Waals surface area contributed by atoms with E-state index in [1.807, 2.05) is 0 Å². The first-order valence-corrected chi connectivity index (χ1v) is 9.88. The molecule has 1 aromatic carbocycles. The molecule has 1 fully saturated rings. The van der Waals surface area contributed by atoms with Gasteiger partial charge in [0, 0.05) is 30.4 Å². The molecule has 2 atom stereocenters. The van der Waals surface area contributed by atoms with Gasteiger partial charge in [-0.15, -0.1) is 0 Å². The third-order valence-electron chi connectivity index (χ3n) is 5.79. The van der Waals surface area contributed by atoms with Crippen molar-refractivity contribution in [3.8, 4) is 5.75 Å². The van der Waals surface area contributed by atoms with E-state index in [1.165, 1.54) is 28.7 Å². The van der Waals surface area contributed by atoms with Crippen LogP contribution in [0.4, 0.5) is 8.78 Å². The fourth-order valence-electron chi connectivity index (χ4n) is 4.09. The van der Waals surface area contributed by atoms with Gasteiger partial charge in [0.05, 0.1) is 12.6 Å². The summed E-state index contributed by atoms with van der Waals surface area (Å²) in [5.41, 5.74) is -1.70. The number of carbonyl (C=O) groups excluding carboxylic acids is 2. The van der Waals surface area contributed by atoms with Crippen LogP contribution in [-0.4, -0.2) is 45.8 Å². The summed E-state index contributed by atoms with van der Waals surface area (Å²) in [6.07, 6.45) is 1.21. The predicted octanol–water partition coefficient (Wildman–Crippen LogP) is 1.83. The molecule has 3 heterocycles. The molecule has 0 saturated carbocycles. The van der Waals surface area contributed by atoms with E-state index in [4.69, 9.17) is 4.74 Å². The third-order valence-corrected chi connectivity index (χ3v) is 5.79. The van der Waals surface area contributed by atoms with Gasteiger partial charge < -0.3 is 24.6 Å². The Hall–Kier alpha value is -3.27. The second kappa shape index (κ2) is 7.77. The normalized spacial score (nSPS) is 19.9. The zero-order chi connectivity index (χ0) is 22.4. The summed E-state index contributed by atoms with van der Waals surface area (Å²) in [5.74, 6) is -3.72. The monoisotopic (exact) mass is 433 g/mol. The van der Waals surface area contributed by atoms with Gasteiger partial charge >= 0.3 is 0 Å². The molecule has 0 bridgehead atoms. The molecule has 2 aromatic rings. The SMILES string of the molecule is CCN1C(=O)c2c(O)c(=O)c(C(=O)NCc3ccc(F)c(C)c3F)cn2[C@H]2CCO[C@H]21. The number of aromatic hydroxyl groups is 1. The van der Waals surface area contributed by atoms with Crippen molar-refractivity contribution in [3.05, 3.63) is 62.6 Å².